The van der Waals surface area contributed by atoms with Crippen LogP contribution in [-0.2, 0) is 0 Å². The highest BCUT2D eigenvalue weighted by Gasteiger charge is 2.24. The molecule has 8 nitrogen and oxygen atoms in total. The minimum absolute atomic E-state index is 0.317. The summed E-state index contributed by atoms with van der Waals surface area (Å²) in [6.07, 6.45) is 0. The average molecular weight is 487 g/mol. The number of nitrogens with one attached hydrogen (secondary N) is 1. The number of fused-ring (bicyclic) bond motifs is 1. The summed E-state index contributed by atoms with van der Waals surface area (Å²) in [5, 5.41) is 7.25. The summed E-state index contributed by atoms with van der Waals surface area (Å²) in [5.74, 6) is 1.67. The molecule has 3 N–H and O–H groups in total. The van der Waals surface area contributed by atoms with Crippen molar-refractivity contribution in [1.29, 1.82) is 0 Å². The summed E-state index contributed by atoms with van der Waals surface area (Å²) in [5.41, 5.74) is 10.2. The van der Waals surface area contributed by atoms with Crippen molar-refractivity contribution in [2.24, 2.45) is 0 Å². The molecule has 0 fully saturated rings. The molecule has 1 amide bonds. The van der Waals surface area contributed by atoms with Crippen LogP contribution in [0.2, 0.25) is 0 Å². The van der Waals surface area contributed by atoms with E-state index in [1.807, 2.05) is 54.6 Å². The molecule has 5 rings (SSSR count). The lowest BCUT2D eigenvalue weighted by atomic mass is 9.98. The number of nitrogens with zero attached hydrogens (tertiary/aromatic N) is 2. The van der Waals surface area contributed by atoms with Gasteiger partial charge in [0, 0.05) is 28.1 Å². The highest BCUT2D eigenvalue weighted by atomic mass is 32.1. The molecule has 0 bridgehead atoms. The number of amides is 1. The fourth-order valence-corrected chi connectivity index (χ4v) is 4.97. The van der Waals surface area contributed by atoms with E-state index in [9.17, 15) is 4.79 Å². The van der Waals surface area contributed by atoms with Gasteiger partial charge in [-0.15, -0.1) is 11.3 Å². The molecule has 176 valence electrons. The van der Waals surface area contributed by atoms with Crippen LogP contribution in [0.3, 0.4) is 0 Å². The van der Waals surface area contributed by atoms with Crippen LogP contribution in [-0.4, -0.2) is 30.3 Å². The Morgan fingerprint density at radius 1 is 1.03 bits per heavy atom. The minimum Gasteiger partial charge on any atom is -0.493 e. The molecule has 0 saturated carbocycles. The van der Waals surface area contributed by atoms with Gasteiger partial charge in [-0.25, -0.2) is 4.98 Å². The Hall–Kier alpha value is -4.37. The highest BCUT2D eigenvalue weighted by Crippen LogP contribution is 2.46. The van der Waals surface area contributed by atoms with Crippen LogP contribution in [0.4, 0.5) is 11.5 Å². The van der Waals surface area contributed by atoms with E-state index in [0.29, 0.717) is 43.9 Å². The number of nitrogens with two attached hydrogens (primary N) is 1. The van der Waals surface area contributed by atoms with E-state index >= 15 is 0 Å². The molecule has 2 aromatic carbocycles. The van der Waals surface area contributed by atoms with E-state index in [1.165, 1.54) is 11.3 Å². The maximum absolute atomic E-state index is 13.1. The number of thiophene rings is 1. The van der Waals surface area contributed by atoms with Crippen LogP contribution in [0, 0.1) is 6.92 Å². The monoisotopic (exact) mass is 486 g/mol. The minimum atomic E-state index is -0.386. The third-order valence-electron chi connectivity index (χ3n) is 5.54. The second-order valence-electron chi connectivity index (χ2n) is 7.76. The molecule has 0 unspecified atom stereocenters. The summed E-state index contributed by atoms with van der Waals surface area (Å²) in [6.45, 7) is 1.75. The highest BCUT2D eigenvalue weighted by molar-refractivity contribution is 7.21. The van der Waals surface area contributed by atoms with Gasteiger partial charge in [0.2, 0.25) is 0 Å². The first-order valence-electron chi connectivity index (χ1n) is 10.7. The van der Waals surface area contributed by atoms with Crippen LogP contribution in [0.1, 0.15) is 15.4 Å². The Morgan fingerprint density at radius 2 is 1.83 bits per heavy atom. The topological polar surface area (TPSA) is 112 Å². The first-order chi connectivity index (χ1) is 17.0. The molecule has 5 aromatic rings. The second kappa shape index (κ2) is 9.11. The lowest BCUT2D eigenvalue weighted by Crippen LogP contribution is -2.12. The number of carbonyl (C=O) groups excluding carboxylic acids is 1. The van der Waals surface area contributed by atoms with E-state index in [0.717, 1.165) is 22.4 Å². The quantitative estimate of drug-likeness (QED) is 0.313. The largest absolute Gasteiger partial charge is 0.493 e. The molecule has 3 aromatic heterocycles. The predicted molar refractivity (Wildman–Crippen MR) is 137 cm³/mol. The molecule has 0 saturated heterocycles. The number of anilines is 2. The molecule has 0 aliphatic heterocycles. The van der Waals surface area contributed by atoms with Gasteiger partial charge < -0.3 is 25.0 Å². The van der Waals surface area contributed by atoms with Crippen LogP contribution in [0.5, 0.6) is 11.5 Å². The number of hydrogen-bond donors (Lipinski definition) is 2. The number of aryl methyl sites for hydroxylation is 1. The number of carbonyl (C=O) groups is 1. The number of rotatable bonds is 6. The molecule has 3 heterocycles. The summed E-state index contributed by atoms with van der Waals surface area (Å²) >= 11 is 1.22. The van der Waals surface area contributed by atoms with E-state index in [2.05, 4.69) is 10.5 Å². The van der Waals surface area contributed by atoms with Crippen molar-refractivity contribution in [3.05, 3.63) is 71.3 Å². The van der Waals surface area contributed by atoms with Gasteiger partial charge >= 0.3 is 0 Å². The Balaban J connectivity index is 1.74. The number of ether oxygens (including phenoxy) is 2. The lowest BCUT2D eigenvalue weighted by molar-refractivity contribution is 0.103. The van der Waals surface area contributed by atoms with Crippen molar-refractivity contribution < 1.29 is 18.8 Å². The van der Waals surface area contributed by atoms with Gasteiger partial charge in [0.1, 0.15) is 15.5 Å². The van der Waals surface area contributed by atoms with Gasteiger partial charge in [-0.3, -0.25) is 4.79 Å². The zero-order valence-electron chi connectivity index (χ0n) is 19.3. The third-order valence-corrected chi connectivity index (χ3v) is 6.64. The van der Waals surface area contributed by atoms with Gasteiger partial charge in [0.05, 0.1) is 25.6 Å². The first kappa shape index (κ1) is 22.4. The molecule has 0 radical (unpaired) electrons. The lowest BCUT2D eigenvalue weighted by Gasteiger charge is -2.15. The van der Waals surface area contributed by atoms with Crippen molar-refractivity contribution >= 4 is 39.0 Å². The SMILES string of the molecule is COc1cccc(-c2cc(-c3ccccc3)nc3sc(C(=O)Nc4cc(C)on4)c(N)c23)c1OC. The van der Waals surface area contributed by atoms with Crippen molar-refractivity contribution in [3.8, 4) is 33.9 Å². The smallest absolute Gasteiger partial charge is 0.269 e. The van der Waals surface area contributed by atoms with Gasteiger partial charge in [-0.2, -0.15) is 0 Å². The first-order valence-corrected chi connectivity index (χ1v) is 11.6. The number of benzene rings is 2. The van der Waals surface area contributed by atoms with Gasteiger partial charge in [-0.05, 0) is 19.1 Å². The summed E-state index contributed by atoms with van der Waals surface area (Å²) in [7, 11) is 3.18. The third kappa shape index (κ3) is 4.06. The molecule has 0 atom stereocenters. The van der Waals surface area contributed by atoms with Crippen LogP contribution >= 0.6 is 11.3 Å². The standard InChI is InChI=1S/C26H22N4O4S/c1-14-12-20(30-34-14)29-25(31)24-22(27)21-17(16-10-7-11-19(32-2)23(16)33-3)13-18(28-26(21)35-24)15-8-5-4-6-9-15/h4-13H,27H2,1-3H3,(H,29,30,31). The van der Waals surface area contributed by atoms with E-state index in [1.54, 1.807) is 27.2 Å². The zero-order valence-corrected chi connectivity index (χ0v) is 20.1. The molecule has 35 heavy (non-hydrogen) atoms. The normalized spacial score (nSPS) is 10.9. The number of hydrogen-bond acceptors (Lipinski definition) is 8. The van der Waals surface area contributed by atoms with Gasteiger partial charge in [-0.1, -0.05) is 47.6 Å². The van der Waals surface area contributed by atoms with Gasteiger partial charge in [0.15, 0.2) is 17.3 Å². The number of nitrogen functional groups attached to an aromatic ring is 1. The molecular weight excluding hydrogens is 464 g/mol. The maximum atomic E-state index is 13.1. The van der Waals surface area contributed by atoms with Crippen molar-refractivity contribution in [2.45, 2.75) is 6.92 Å². The number of para-hydroxylation sites is 1. The zero-order chi connectivity index (χ0) is 24.5. The van der Waals surface area contributed by atoms with Crippen molar-refractivity contribution in [2.75, 3.05) is 25.3 Å². The van der Waals surface area contributed by atoms with E-state index in [4.69, 9.17) is 24.7 Å². The fraction of sp³-hybridized carbons (Fsp3) is 0.115. The van der Waals surface area contributed by atoms with E-state index in [-0.39, 0.29) is 5.91 Å². The maximum Gasteiger partial charge on any atom is 0.269 e. The van der Waals surface area contributed by atoms with Crippen LogP contribution in [0.25, 0.3) is 32.6 Å². The number of methoxy groups -OCH3 is 2. The van der Waals surface area contributed by atoms with Crippen LogP contribution < -0.4 is 20.5 Å². The molecular formula is C26H22N4O4S. The van der Waals surface area contributed by atoms with E-state index < -0.39 is 0 Å². The van der Waals surface area contributed by atoms with Gasteiger partial charge in [0.25, 0.3) is 5.91 Å². The number of aromatic nitrogens is 2. The molecule has 0 aliphatic rings. The number of pyridine rings is 1. The summed E-state index contributed by atoms with van der Waals surface area (Å²) in [6, 6.07) is 19.1. The Labute approximate surface area is 205 Å². The summed E-state index contributed by atoms with van der Waals surface area (Å²) in [4.78, 5) is 18.9. The average Bonchev–Trinajstić information content (AvgIpc) is 3.45. The molecule has 0 aliphatic carbocycles. The second-order valence-corrected chi connectivity index (χ2v) is 8.76. The van der Waals surface area contributed by atoms with Crippen molar-refractivity contribution in [1.82, 2.24) is 10.1 Å². The molecule has 9 heteroatoms. The molecule has 0 spiro atoms. The Morgan fingerprint density at radius 3 is 2.51 bits per heavy atom. The predicted octanol–water partition coefficient (Wildman–Crippen LogP) is 5.78. The van der Waals surface area contributed by atoms with Crippen molar-refractivity contribution in [3.63, 3.8) is 0 Å². The summed E-state index contributed by atoms with van der Waals surface area (Å²) < 4.78 is 16.3. The fourth-order valence-electron chi connectivity index (χ4n) is 3.96. The Kier molecular flexibility index (Phi) is 5.84. The Bertz CT molecular complexity index is 1540. The van der Waals surface area contributed by atoms with Crippen LogP contribution in [0.15, 0.2) is 65.2 Å².